The highest BCUT2D eigenvalue weighted by Crippen LogP contribution is 2.32. The van der Waals surface area contributed by atoms with Gasteiger partial charge < -0.3 is 9.64 Å². The lowest BCUT2D eigenvalue weighted by Gasteiger charge is -2.32. The summed E-state index contributed by atoms with van der Waals surface area (Å²) >= 11 is 1.80. The van der Waals surface area contributed by atoms with E-state index in [1.807, 2.05) is 6.21 Å². The number of rotatable bonds is 2. The van der Waals surface area contributed by atoms with Crippen molar-refractivity contribution in [2.24, 2.45) is 4.99 Å². The van der Waals surface area contributed by atoms with Crippen LogP contribution >= 0.6 is 11.3 Å². The summed E-state index contributed by atoms with van der Waals surface area (Å²) in [6.45, 7) is 4.05. The molecular formula is C12H16N2OS. The first-order chi connectivity index (χ1) is 7.84. The Morgan fingerprint density at radius 1 is 1.62 bits per heavy atom. The Balaban J connectivity index is 1.80. The smallest absolute Gasteiger partial charge is 0.118 e. The summed E-state index contributed by atoms with van der Waals surface area (Å²) in [5.41, 5.74) is 1.25. The summed E-state index contributed by atoms with van der Waals surface area (Å²) in [6, 6.07) is 2.14. The molecule has 0 saturated carbocycles. The van der Waals surface area contributed by atoms with Crippen molar-refractivity contribution in [2.45, 2.75) is 32.0 Å². The first-order valence-corrected chi connectivity index (χ1v) is 6.71. The van der Waals surface area contributed by atoms with Crippen molar-refractivity contribution in [2.75, 3.05) is 18.1 Å². The van der Waals surface area contributed by atoms with Crippen LogP contribution in [0.2, 0.25) is 0 Å². The van der Waals surface area contributed by atoms with Crippen LogP contribution in [-0.4, -0.2) is 31.6 Å². The molecule has 1 fully saturated rings. The Bertz CT molecular complexity index is 395. The molecule has 3 rings (SSSR count). The molecule has 0 aliphatic carbocycles. The molecule has 16 heavy (non-hydrogen) atoms. The first kappa shape index (κ1) is 10.3. The summed E-state index contributed by atoms with van der Waals surface area (Å²) in [6.07, 6.45) is 5.02. The van der Waals surface area contributed by atoms with Gasteiger partial charge in [-0.15, -0.1) is 11.3 Å². The highest BCUT2D eigenvalue weighted by Gasteiger charge is 2.26. The molecule has 1 aromatic rings. The second-order valence-electron chi connectivity index (χ2n) is 4.38. The molecule has 2 aliphatic rings. The van der Waals surface area contributed by atoms with Crippen molar-refractivity contribution in [1.29, 1.82) is 0 Å². The Kier molecular flexibility index (Phi) is 2.69. The molecule has 2 unspecified atom stereocenters. The lowest BCUT2D eigenvalue weighted by atomic mass is 10.2. The van der Waals surface area contributed by atoms with Crippen LogP contribution in [0.25, 0.3) is 0 Å². The normalized spacial score (nSPS) is 28.4. The molecule has 3 heterocycles. The molecule has 0 amide bonds. The van der Waals surface area contributed by atoms with Gasteiger partial charge in [0.1, 0.15) is 11.2 Å². The first-order valence-electron chi connectivity index (χ1n) is 5.83. The third-order valence-corrected chi connectivity index (χ3v) is 4.21. The Labute approximate surface area is 99.7 Å². The predicted octanol–water partition coefficient (Wildman–Crippen LogP) is 2.51. The second-order valence-corrected chi connectivity index (χ2v) is 5.27. The predicted molar refractivity (Wildman–Crippen MR) is 67.7 cm³/mol. The molecule has 0 aromatic carbocycles. The summed E-state index contributed by atoms with van der Waals surface area (Å²) in [5.74, 6) is 0. The van der Waals surface area contributed by atoms with Crippen molar-refractivity contribution in [3.05, 3.63) is 17.0 Å². The van der Waals surface area contributed by atoms with Gasteiger partial charge in [0.05, 0.1) is 6.10 Å². The number of ether oxygens (including phenoxy) is 1. The van der Waals surface area contributed by atoms with E-state index in [9.17, 15) is 0 Å². The molecule has 0 N–H and O–H groups in total. The minimum Gasteiger partial charge on any atom is -0.376 e. The van der Waals surface area contributed by atoms with Crippen LogP contribution in [0, 0.1) is 0 Å². The van der Waals surface area contributed by atoms with Crippen LogP contribution in [0.1, 0.15) is 25.3 Å². The van der Waals surface area contributed by atoms with Gasteiger partial charge in [0, 0.05) is 24.9 Å². The number of nitrogens with zero attached hydrogens (tertiary/aromatic N) is 2. The van der Waals surface area contributed by atoms with E-state index in [0.717, 1.165) is 13.2 Å². The van der Waals surface area contributed by atoms with E-state index in [1.54, 1.807) is 11.3 Å². The second kappa shape index (κ2) is 4.18. The van der Waals surface area contributed by atoms with Gasteiger partial charge >= 0.3 is 0 Å². The van der Waals surface area contributed by atoms with Crippen molar-refractivity contribution >= 4 is 22.6 Å². The van der Waals surface area contributed by atoms with Gasteiger partial charge in [-0.05, 0) is 31.2 Å². The maximum atomic E-state index is 5.71. The average molecular weight is 236 g/mol. The molecule has 3 nitrogen and oxygen atoms in total. The van der Waals surface area contributed by atoms with E-state index in [4.69, 9.17) is 4.74 Å². The van der Waals surface area contributed by atoms with Crippen LogP contribution in [0.4, 0.5) is 5.00 Å². The largest absolute Gasteiger partial charge is 0.376 e. The molecule has 86 valence electrons. The van der Waals surface area contributed by atoms with Crippen molar-refractivity contribution in [3.8, 4) is 0 Å². The minimum absolute atomic E-state index is 0.246. The van der Waals surface area contributed by atoms with Gasteiger partial charge in [-0.2, -0.15) is 0 Å². The monoisotopic (exact) mass is 236 g/mol. The molecule has 1 saturated heterocycles. The minimum atomic E-state index is 0.246. The fraction of sp³-hybridized carbons (Fsp3) is 0.583. The van der Waals surface area contributed by atoms with E-state index < -0.39 is 0 Å². The Hall–Kier alpha value is -0.870. The molecule has 2 atom stereocenters. The quantitative estimate of drug-likeness (QED) is 0.788. The highest BCUT2D eigenvalue weighted by atomic mass is 32.1. The number of hydrogen-bond donors (Lipinski definition) is 0. The van der Waals surface area contributed by atoms with Gasteiger partial charge in [-0.3, -0.25) is 4.99 Å². The third-order valence-electron chi connectivity index (χ3n) is 3.24. The number of thiophene rings is 1. The molecule has 0 spiro atoms. The van der Waals surface area contributed by atoms with Gasteiger partial charge in [-0.25, -0.2) is 0 Å². The number of aliphatic imine (C=N–C) groups is 1. The van der Waals surface area contributed by atoms with Crippen LogP contribution in [-0.2, 0) is 4.74 Å². The highest BCUT2D eigenvalue weighted by molar-refractivity contribution is 7.14. The van der Waals surface area contributed by atoms with Crippen LogP contribution in [0.5, 0.6) is 0 Å². The van der Waals surface area contributed by atoms with E-state index >= 15 is 0 Å². The average Bonchev–Trinajstić information content (AvgIpc) is 2.92. The van der Waals surface area contributed by atoms with Crippen molar-refractivity contribution < 1.29 is 4.74 Å². The molecule has 1 aromatic heterocycles. The Morgan fingerprint density at radius 2 is 2.56 bits per heavy atom. The van der Waals surface area contributed by atoms with Gasteiger partial charge in [0.2, 0.25) is 0 Å². The summed E-state index contributed by atoms with van der Waals surface area (Å²) in [4.78, 5) is 6.89. The molecule has 4 heteroatoms. The maximum Gasteiger partial charge on any atom is 0.118 e. The Morgan fingerprint density at radius 3 is 3.38 bits per heavy atom. The molecule has 0 radical (unpaired) electrons. The summed E-state index contributed by atoms with van der Waals surface area (Å²) in [7, 11) is 0. The zero-order chi connectivity index (χ0) is 11.0. The molecule has 2 aliphatic heterocycles. The number of fused-ring (bicyclic) bond motifs is 1. The lowest BCUT2D eigenvalue weighted by molar-refractivity contribution is 0.114. The standard InChI is InChI=1S/C12H16N2OS/c1-9-13-7-10-4-6-16-12(10)14(9)8-11-3-2-5-15-11/h4,6-7,9,11H,2-3,5,8H2,1H3. The van der Waals surface area contributed by atoms with Crippen molar-refractivity contribution in [3.63, 3.8) is 0 Å². The van der Waals surface area contributed by atoms with E-state index in [0.29, 0.717) is 6.10 Å². The summed E-state index contributed by atoms with van der Waals surface area (Å²) in [5, 5.41) is 3.48. The molecule has 0 bridgehead atoms. The van der Waals surface area contributed by atoms with Gasteiger partial charge in [-0.1, -0.05) is 0 Å². The topological polar surface area (TPSA) is 24.8 Å². The van der Waals surface area contributed by atoms with Crippen molar-refractivity contribution in [1.82, 2.24) is 0 Å². The third kappa shape index (κ3) is 1.76. The molecular weight excluding hydrogens is 220 g/mol. The summed E-state index contributed by atoms with van der Waals surface area (Å²) < 4.78 is 5.71. The van der Waals surface area contributed by atoms with E-state index in [1.165, 1.54) is 23.4 Å². The maximum absolute atomic E-state index is 5.71. The van der Waals surface area contributed by atoms with Crippen LogP contribution < -0.4 is 4.90 Å². The number of anilines is 1. The lowest BCUT2D eigenvalue weighted by Crippen LogP contribution is -2.39. The fourth-order valence-corrected chi connectivity index (χ4v) is 3.29. The van der Waals surface area contributed by atoms with Crippen LogP contribution in [0.15, 0.2) is 16.4 Å². The zero-order valence-corrected chi connectivity index (χ0v) is 10.2. The van der Waals surface area contributed by atoms with Gasteiger partial charge in [0.15, 0.2) is 0 Å². The van der Waals surface area contributed by atoms with Crippen LogP contribution in [0.3, 0.4) is 0 Å². The van der Waals surface area contributed by atoms with E-state index in [2.05, 4.69) is 28.3 Å². The SMILES string of the molecule is CC1N=Cc2ccsc2N1CC1CCCO1. The van der Waals surface area contributed by atoms with E-state index in [-0.39, 0.29) is 6.17 Å². The zero-order valence-electron chi connectivity index (χ0n) is 9.43. The van der Waals surface area contributed by atoms with Gasteiger partial charge in [0.25, 0.3) is 0 Å². The fourth-order valence-electron chi connectivity index (χ4n) is 2.32. The number of hydrogen-bond acceptors (Lipinski definition) is 4.